The summed E-state index contributed by atoms with van der Waals surface area (Å²) in [5.74, 6) is 1.47. The molecule has 1 fully saturated rings. The zero-order valence-electron chi connectivity index (χ0n) is 10.9. The Hall–Kier alpha value is -1.22. The number of hydrogen-bond donors (Lipinski definition) is 1. The van der Waals surface area contributed by atoms with E-state index in [1.807, 2.05) is 18.2 Å². The monoisotopic (exact) mass is 236 g/mol. The summed E-state index contributed by atoms with van der Waals surface area (Å²) >= 11 is 0. The fourth-order valence-corrected chi connectivity index (χ4v) is 2.79. The van der Waals surface area contributed by atoms with E-state index in [1.165, 1.54) is 0 Å². The van der Waals surface area contributed by atoms with Gasteiger partial charge in [0, 0.05) is 11.0 Å². The number of rotatable bonds is 4. The summed E-state index contributed by atoms with van der Waals surface area (Å²) in [7, 11) is 3.27. The Morgan fingerprint density at radius 2 is 1.88 bits per heavy atom. The third-order valence-corrected chi connectivity index (χ3v) is 4.10. The van der Waals surface area contributed by atoms with Gasteiger partial charge in [0.05, 0.1) is 20.8 Å². The minimum atomic E-state index is -0.188. The fourth-order valence-electron chi connectivity index (χ4n) is 2.79. The maximum absolute atomic E-state index is 9.73. The molecule has 1 atom stereocenters. The van der Waals surface area contributed by atoms with Crippen LogP contribution in [0.2, 0.25) is 0 Å². The summed E-state index contributed by atoms with van der Waals surface area (Å²) < 4.78 is 10.8. The second-order valence-electron chi connectivity index (χ2n) is 5.34. The van der Waals surface area contributed by atoms with Gasteiger partial charge in [0.1, 0.15) is 0 Å². The van der Waals surface area contributed by atoms with Crippen molar-refractivity contribution in [3.05, 3.63) is 23.8 Å². The Labute approximate surface area is 102 Å². The van der Waals surface area contributed by atoms with Gasteiger partial charge < -0.3 is 14.6 Å². The zero-order valence-corrected chi connectivity index (χ0v) is 10.9. The summed E-state index contributed by atoms with van der Waals surface area (Å²) in [6, 6.07) is 5.84. The predicted octanol–water partition coefficient (Wildman–Crippen LogP) is 2.36. The fraction of sp³-hybridized carbons (Fsp3) is 0.571. The van der Waals surface area contributed by atoms with Crippen LogP contribution in [-0.2, 0) is 5.41 Å². The van der Waals surface area contributed by atoms with Gasteiger partial charge >= 0.3 is 0 Å². The molecule has 0 radical (unpaired) electrons. The maximum atomic E-state index is 9.73. The van der Waals surface area contributed by atoms with Crippen LogP contribution in [0, 0.1) is 5.41 Å². The lowest BCUT2D eigenvalue weighted by Gasteiger charge is -2.22. The van der Waals surface area contributed by atoms with Crippen molar-refractivity contribution in [1.29, 1.82) is 0 Å². The molecule has 17 heavy (non-hydrogen) atoms. The average Bonchev–Trinajstić information content (AvgIpc) is 2.91. The predicted molar refractivity (Wildman–Crippen MR) is 66.7 cm³/mol. The lowest BCUT2D eigenvalue weighted by atomic mass is 9.88. The van der Waals surface area contributed by atoms with Gasteiger partial charge in [-0.1, -0.05) is 26.0 Å². The molecule has 3 heteroatoms. The standard InChI is InChI=1S/C14H20O3/c1-13(2)8-14(13,9-15)10-6-5-7-11(16-3)12(10)17-4/h5-7,15H,8-9H2,1-4H3. The highest BCUT2D eigenvalue weighted by molar-refractivity contribution is 5.54. The van der Waals surface area contributed by atoms with Crippen LogP contribution in [0.1, 0.15) is 25.8 Å². The van der Waals surface area contributed by atoms with Gasteiger partial charge in [-0.3, -0.25) is 0 Å². The molecule has 0 bridgehead atoms. The van der Waals surface area contributed by atoms with Gasteiger partial charge in [-0.15, -0.1) is 0 Å². The number of para-hydroxylation sites is 1. The molecular weight excluding hydrogens is 216 g/mol. The largest absolute Gasteiger partial charge is 0.493 e. The van der Waals surface area contributed by atoms with E-state index in [1.54, 1.807) is 14.2 Å². The van der Waals surface area contributed by atoms with Crippen molar-refractivity contribution in [2.45, 2.75) is 25.7 Å². The molecule has 3 nitrogen and oxygen atoms in total. The number of ether oxygens (including phenoxy) is 2. The van der Waals surface area contributed by atoms with Crippen LogP contribution in [0.3, 0.4) is 0 Å². The number of hydrogen-bond acceptors (Lipinski definition) is 3. The molecule has 0 aromatic heterocycles. The molecule has 2 rings (SSSR count). The Bertz CT molecular complexity index is 425. The SMILES string of the molecule is COc1cccc(C2(CO)CC2(C)C)c1OC. The van der Waals surface area contributed by atoms with E-state index in [0.29, 0.717) is 0 Å². The van der Waals surface area contributed by atoms with E-state index >= 15 is 0 Å². The van der Waals surface area contributed by atoms with Crippen molar-refractivity contribution in [3.8, 4) is 11.5 Å². The van der Waals surface area contributed by atoms with Crippen LogP contribution in [0.25, 0.3) is 0 Å². The van der Waals surface area contributed by atoms with E-state index in [9.17, 15) is 5.11 Å². The topological polar surface area (TPSA) is 38.7 Å². The van der Waals surface area contributed by atoms with Gasteiger partial charge in [-0.2, -0.15) is 0 Å². The summed E-state index contributed by atoms with van der Waals surface area (Å²) in [6.07, 6.45) is 0.972. The number of aliphatic hydroxyl groups excluding tert-OH is 1. The van der Waals surface area contributed by atoms with Crippen LogP contribution >= 0.6 is 0 Å². The first-order chi connectivity index (χ1) is 8.02. The molecule has 1 saturated carbocycles. The normalized spacial score (nSPS) is 25.5. The first kappa shape index (κ1) is 12.2. The molecule has 94 valence electrons. The summed E-state index contributed by atoms with van der Waals surface area (Å²) in [4.78, 5) is 0. The van der Waals surface area contributed by atoms with Crippen LogP contribution in [0.5, 0.6) is 11.5 Å². The van der Waals surface area contributed by atoms with Gasteiger partial charge in [-0.25, -0.2) is 0 Å². The third-order valence-electron chi connectivity index (χ3n) is 4.10. The zero-order chi connectivity index (χ0) is 12.7. The Kier molecular flexibility index (Phi) is 2.82. The highest BCUT2D eigenvalue weighted by Crippen LogP contribution is 2.66. The van der Waals surface area contributed by atoms with Crippen LogP contribution < -0.4 is 9.47 Å². The quantitative estimate of drug-likeness (QED) is 0.872. The summed E-state index contributed by atoms with van der Waals surface area (Å²) in [5, 5.41) is 9.73. The van der Waals surface area contributed by atoms with Gasteiger partial charge in [0.25, 0.3) is 0 Å². The molecule has 1 aliphatic rings. The van der Waals surface area contributed by atoms with E-state index in [-0.39, 0.29) is 17.4 Å². The lowest BCUT2D eigenvalue weighted by Crippen LogP contribution is -2.20. The van der Waals surface area contributed by atoms with Crippen molar-refractivity contribution >= 4 is 0 Å². The van der Waals surface area contributed by atoms with E-state index in [0.717, 1.165) is 23.5 Å². The molecule has 1 aromatic carbocycles. The Morgan fingerprint density at radius 1 is 1.24 bits per heavy atom. The first-order valence-electron chi connectivity index (χ1n) is 5.85. The number of methoxy groups -OCH3 is 2. The molecule has 0 heterocycles. The molecule has 0 spiro atoms. The third kappa shape index (κ3) is 1.61. The highest BCUT2D eigenvalue weighted by Gasteiger charge is 2.62. The van der Waals surface area contributed by atoms with Crippen LogP contribution in [-0.4, -0.2) is 25.9 Å². The Balaban J connectivity index is 2.53. The van der Waals surface area contributed by atoms with Gasteiger partial charge in [-0.05, 0) is 17.9 Å². The first-order valence-corrected chi connectivity index (χ1v) is 5.85. The molecule has 1 aromatic rings. The summed E-state index contributed by atoms with van der Waals surface area (Å²) in [6.45, 7) is 4.48. The minimum Gasteiger partial charge on any atom is -0.493 e. The highest BCUT2D eigenvalue weighted by atomic mass is 16.5. The maximum Gasteiger partial charge on any atom is 0.164 e. The lowest BCUT2D eigenvalue weighted by molar-refractivity contribution is 0.226. The van der Waals surface area contributed by atoms with Gasteiger partial charge in [0.15, 0.2) is 11.5 Å². The minimum absolute atomic E-state index is 0.112. The average molecular weight is 236 g/mol. The van der Waals surface area contributed by atoms with Crippen molar-refractivity contribution in [1.82, 2.24) is 0 Å². The van der Waals surface area contributed by atoms with Crippen LogP contribution in [0.15, 0.2) is 18.2 Å². The van der Waals surface area contributed by atoms with Crippen molar-refractivity contribution < 1.29 is 14.6 Å². The number of aliphatic hydroxyl groups is 1. The van der Waals surface area contributed by atoms with Crippen molar-refractivity contribution in [3.63, 3.8) is 0 Å². The van der Waals surface area contributed by atoms with E-state index < -0.39 is 0 Å². The number of benzene rings is 1. The van der Waals surface area contributed by atoms with Crippen molar-refractivity contribution in [2.24, 2.45) is 5.41 Å². The second kappa shape index (κ2) is 3.91. The van der Waals surface area contributed by atoms with Gasteiger partial charge in [0.2, 0.25) is 0 Å². The molecule has 0 amide bonds. The molecule has 1 unspecified atom stereocenters. The van der Waals surface area contributed by atoms with Crippen molar-refractivity contribution in [2.75, 3.05) is 20.8 Å². The van der Waals surface area contributed by atoms with E-state index in [2.05, 4.69) is 13.8 Å². The molecule has 0 aliphatic heterocycles. The van der Waals surface area contributed by atoms with Crippen LogP contribution in [0.4, 0.5) is 0 Å². The molecule has 0 saturated heterocycles. The second-order valence-corrected chi connectivity index (χ2v) is 5.34. The van der Waals surface area contributed by atoms with E-state index in [4.69, 9.17) is 9.47 Å². The molecule has 1 N–H and O–H groups in total. The molecular formula is C14H20O3. The smallest absolute Gasteiger partial charge is 0.164 e. The Morgan fingerprint density at radius 3 is 2.29 bits per heavy atom. The summed E-state index contributed by atoms with van der Waals surface area (Å²) in [5.41, 5.74) is 0.973. The molecule has 1 aliphatic carbocycles.